The lowest BCUT2D eigenvalue weighted by molar-refractivity contribution is 0.402. The van der Waals surface area contributed by atoms with E-state index in [1.165, 1.54) is 38.5 Å². The maximum atomic E-state index is 4.69. The van der Waals surface area contributed by atoms with Crippen molar-refractivity contribution in [2.45, 2.75) is 50.4 Å². The Labute approximate surface area is 96.2 Å². The average molecular weight is 220 g/mol. The highest BCUT2D eigenvalue weighted by molar-refractivity contribution is 5.05. The molecule has 1 aromatic heterocycles. The molecular weight excluding hydrogens is 200 g/mol. The van der Waals surface area contributed by atoms with E-state index in [2.05, 4.69) is 15.5 Å². The highest BCUT2D eigenvalue weighted by Crippen LogP contribution is 2.34. The number of H-pyrrole nitrogens is 1. The number of rotatable bonds is 2. The molecule has 1 aromatic rings. The van der Waals surface area contributed by atoms with Crippen molar-refractivity contribution in [2.75, 3.05) is 13.1 Å². The highest BCUT2D eigenvalue weighted by atomic mass is 15.2. The van der Waals surface area contributed by atoms with E-state index >= 15 is 0 Å². The van der Waals surface area contributed by atoms with E-state index in [1.54, 1.807) is 0 Å². The Morgan fingerprint density at radius 1 is 1.00 bits per heavy atom. The predicted molar refractivity (Wildman–Crippen MR) is 62.4 cm³/mol. The normalized spacial score (nSPS) is 27.4. The fourth-order valence-corrected chi connectivity index (χ4v) is 2.57. The van der Waals surface area contributed by atoms with Gasteiger partial charge < -0.3 is 5.32 Å². The molecule has 1 atom stereocenters. The second-order valence-corrected chi connectivity index (χ2v) is 5.10. The third kappa shape index (κ3) is 1.98. The van der Waals surface area contributed by atoms with Crippen LogP contribution in [0.5, 0.6) is 0 Å². The fourth-order valence-electron chi connectivity index (χ4n) is 2.57. The second kappa shape index (κ2) is 4.53. The predicted octanol–water partition coefficient (Wildman–Crippen LogP) is 1.93. The lowest BCUT2D eigenvalue weighted by Crippen LogP contribution is -2.20. The molecular formula is C12H20N4. The van der Waals surface area contributed by atoms with Crippen LogP contribution in [0, 0.1) is 0 Å². The van der Waals surface area contributed by atoms with Crippen LogP contribution in [0.4, 0.5) is 0 Å². The molecule has 1 unspecified atom stereocenters. The summed E-state index contributed by atoms with van der Waals surface area (Å²) in [6.07, 6.45) is 7.75. The molecule has 2 heterocycles. The minimum Gasteiger partial charge on any atom is -0.316 e. The molecule has 1 aliphatic carbocycles. The van der Waals surface area contributed by atoms with Gasteiger partial charge in [0.25, 0.3) is 0 Å². The lowest BCUT2D eigenvalue weighted by Gasteiger charge is -2.22. The summed E-state index contributed by atoms with van der Waals surface area (Å²) < 4.78 is 0. The monoisotopic (exact) mass is 220 g/mol. The van der Waals surface area contributed by atoms with Crippen molar-refractivity contribution < 1.29 is 0 Å². The van der Waals surface area contributed by atoms with E-state index in [-0.39, 0.29) is 0 Å². The van der Waals surface area contributed by atoms with Crippen molar-refractivity contribution in [1.29, 1.82) is 0 Å². The molecule has 16 heavy (non-hydrogen) atoms. The van der Waals surface area contributed by atoms with E-state index in [0.717, 1.165) is 24.7 Å². The van der Waals surface area contributed by atoms with Gasteiger partial charge in [-0.2, -0.15) is 5.10 Å². The molecule has 1 saturated carbocycles. The maximum absolute atomic E-state index is 4.69. The molecule has 2 fully saturated rings. The van der Waals surface area contributed by atoms with E-state index in [4.69, 9.17) is 4.98 Å². The van der Waals surface area contributed by atoms with Gasteiger partial charge in [0.1, 0.15) is 5.82 Å². The molecule has 0 aromatic carbocycles. The SMILES string of the molecule is C1CCC(c2n[nH]c(C3CCC3)n2)CNC1. The number of aromatic amines is 1. The molecule has 2 aliphatic rings. The fraction of sp³-hybridized carbons (Fsp3) is 0.833. The second-order valence-electron chi connectivity index (χ2n) is 5.10. The molecule has 0 amide bonds. The minimum atomic E-state index is 0.521. The van der Waals surface area contributed by atoms with Crippen LogP contribution in [0.1, 0.15) is 62.0 Å². The van der Waals surface area contributed by atoms with Crippen molar-refractivity contribution in [1.82, 2.24) is 20.5 Å². The Morgan fingerprint density at radius 3 is 2.69 bits per heavy atom. The van der Waals surface area contributed by atoms with Crippen molar-refractivity contribution in [3.63, 3.8) is 0 Å². The third-order valence-corrected chi connectivity index (χ3v) is 3.92. The van der Waals surface area contributed by atoms with Gasteiger partial charge >= 0.3 is 0 Å². The van der Waals surface area contributed by atoms with Crippen molar-refractivity contribution in [3.05, 3.63) is 11.6 Å². The van der Waals surface area contributed by atoms with Crippen LogP contribution in [0.2, 0.25) is 0 Å². The molecule has 0 spiro atoms. The van der Waals surface area contributed by atoms with Crippen LogP contribution in [0.3, 0.4) is 0 Å². The summed E-state index contributed by atoms with van der Waals surface area (Å²) in [5, 5.41) is 11.0. The largest absolute Gasteiger partial charge is 0.316 e. The van der Waals surface area contributed by atoms with Crippen LogP contribution in [-0.2, 0) is 0 Å². The summed E-state index contributed by atoms with van der Waals surface area (Å²) in [5.74, 6) is 3.36. The van der Waals surface area contributed by atoms with Gasteiger partial charge in [0.15, 0.2) is 5.82 Å². The van der Waals surface area contributed by atoms with E-state index in [9.17, 15) is 0 Å². The molecule has 4 heteroatoms. The molecule has 1 aliphatic heterocycles. The number of hydrogen-bond donors (Lipinski definition) is 2. The number of hydrogen-bond acceptors (Lipinski definition) is 3. The van der Waals surface area contributed by atoms with Gasteiger partial charge in [-0.25, -0.2) is 4.98 Å². The van der Waals surface area contributed by atoms with Crippen LogP contribution in [0.25, 0.3) is 0 Å². The van der Waals surface area contributed by atoms with Crippen LogP contribution < -0.4 is 5.32 Å². The Bertz CT molecular complexity index is 335. The summed E-state index contributed by atoms with van der Waals surface area (Å²) in [5.41, 5.74) is 0. The van der Waals surface area contributed by atoms with Gasteiger partial charge in [0.2, 0.25) is 0 Å². The summed E-state index contributed by atoms with van der Waals surface area (Å²) >= 11 is 0. The minimum absolute atomic E-state index is 0.521. The quantitative estimate of drug-likeness (QED) is 0.800. The zero-order valence-electron chi connectivity index (χ0n) is 9.71. The van der Waals surface area contributed by atoms with Gasteiger partial charge in [-0.15, -0.1) is 0 Å². The number of aromatic nitrogens is 3. The first kappa shape index (κ1) is 10.3. The highest BCUT2D eigenvalue weighted by Gasteiger charge is 2.25. The summed E-state index contributed by atoms with van der Waals surface area (Å²) in [4.78, 5) is 4.69. The molecule has 0 radical (unpaired) electrons. The first-order valence-corrected chi connectivity index (χ1v) is 6.56. The topological polar surface area (TPSA) is 53.6 Å². The van der Waals surface area contributed by atoms with Gasteiger partial charge in [0, 0.05) is 18.4 Å². The van der Waals surface area contributed by atoms with Crippen LogP contribution >= 0.6 is 0 Å². The Morgan fingerprint density at radius 2 is 1.88 bits per heavy atom. The third-order valence-electron chi connectivity index (χ3n) is 3.92. The van der Waals surface area contributed by atoms with Crippen LogP contribution in [0.15, 0.2) is 0 Å². The van der Waals surface area contributed by atoms with Crippen molar-refractivity contribution in [2.24, 2.45) is 0 Å². The first-order valence-electron chi connectivity index (χ1n) is 6.56. The van der Waals surface area contributed by atoms with Crippen LogP contribution in [-0.4, -0.2) is 28.3 Å². The smallest absolute Gasteiger partial charge is 0.155 e. The van der Waals surface area contributed by atoms with E-state index in [0.29, 0.717) is 11.8 Å². The zero-order chi connectivity index (χ0) is 10.8. The average Bonchev–Trinajstić information content (AvgIpc) is 2.52. The lowest BCUT2D eigenvalue weighted by atomic mass is 9.85. The van der Waals surface area contributed by atoms with Gasteiger partial charge in [-0.3, -0.25) is 5.10 Å². The van der Waals surface area contributed by atoms with Crippen molar-refractivity contribution >= 4 is 0 Å². The molecule has 3 rings (SSSR count). The standard InChI is InChI=1S/C12H20N4/c1-2-7-13-8-10(4-1)12-14-11(15-16-12)9-5-3-6-9/h9-10,13H,1-8H2,(H,14,15,16). The summed E-state index contributed by atoms with van der Waals surface area (Å²) in [7, 11) is 0. The van der Waals surface area contributed by atoms with Gasteiger partial charge in [0.05, 0.1) is 0 Å². The van der Waals surface area contributed by atoms with E-state index < -0.39 is 0 Å². The molecule has 1 saturated heterocycles. The van der Waals surface area contributed by atoms with Gasteiger partial charge in [-0.05, 0) is 32.2 Å². The Hall–Kier alpha value is -0.900. The Kier molecular flexibility index (Phi) is 2.91. The summed E-state index contributed by atoms with van der Waals surface area (Å²) in [6, 6.07) is 0. The molecule has 2 N–H and O–H groups in total. The molecule has 0 bridgehead atoms. The molecule has 4 nitrogen and oxygen atoms in total. The first-order chi connectivity index (χ1) is 7.93. The maximum Gasteiger partial charge on any atom is 0.155 e. The number of nitrogens with one attached hydrogen (secondary N) is 2. The zero-order valence-corrected chi connectivity index (χ0v) is 9.71. The van der Waals surface area contributed by atoms with Crippen molar-refractivity contribution in [3.8, 4) is 0 Å². The molecule has 88 valence electrons. The van der Waals surface area contributed by atoms with Gasteiger partial charge in [-0.1, -0.05) is 12.8 Å². The Balaban J connectivity index is 1.70. The van der Waals surface area contributed by atoms with E-state index in [1.807, 2.05) is 0 Å². The number of nitrogens with zero attached hydrogens (tertiary/aromatic N) is 2. The summed E-state index contributed by atoms with van der Waals surface area (Å²) in [6.45, 7) is 2.19.